The van der Waals surface area contributed by atoms with Crippen molar-refractivity contribution in [3.05, 3.63) is 28.8 Å². The second kappa shape index (κ2) is 5.74. The molecule has 1 heterocycles. The first-order valence-electron chi connectivity index (χ1n) is 6.60. The van der Waals surface area contributed by atoms with Gasteiger partial charge in [-0.15, -0.1) is 0 Å². The summed E-state index contributed by atoms with van der Waals surface area (Å²) in [4.78, 5) is 14.0. The van der Waals surface area contributed by atoms with Crippen LogP contribution in [0.15, 0.2) is 18.2 Å². The molecule has 0 bridgehead atoms. The van der Waals surface area contributed by atoms with Gasteiger partial charge in [0.05, 0.1) is 0 Å². The predicted molar refractivity (Wildman–Crippen MR) is 81.0 cm³/mol. The minimum atomic E-state index is -3.40. The van der Waals surface area contributed by atoms with E-state index in [0.29, 0.717) is 11.6 Å². The second-order valence-electron chi connectivity index (χ2n) is 5.16. The van der Waals surface area contributed by atoms with Crippen LogP contribution in [0.4, 0.5) is 5.69 Å². The Bertz CT molecular complexity index is 627. The van der Waals surface area contributed by atoms with Crippen LogP contribution in [-0.4, -0.2) is 32.4 Å². The maximum Gasteiger partial charge on any atom is 0.245 e. The first kappa shape index (κ1) is 15.3. The number of hydrogen-bond acceptors (Lipinski definition) is 3. The number of hydrogen-bond donors (Lipinski definition) is 0. The molecule has 0 spiro atoms. The molecule has 20 heavy (non-hydrogen) atoms. The molecule has 110 valence electrons. The van der Waals surface area contributed by atoms with Gasteiger partial charge in [0.2, 0.25) is 5.91 Å². The molecule has 0 unspecified atom stereocenters. The maximum atomic E-state index is 12.5. The molecule has 1 atom stereocenters. The van der Waals surface area contributed by atoms with Crippen molar-refractivity contribution in [3.63, 3.8) is 0 Å². The number of amides is 1. The summed E-state index contributed by atoms with van der Waals surface area (Å²) < 4.78 is 23.2. The molecule has 1 amide bonds. The van der Waals surface area contributed by atoms with Gasteiger partial charge >= 0.3 is 0 Å². The van der Waals surface area contributed by atoms with E-state index in [9.17, 15) is 13.2 Å². The number of carbonyl (C=O) groups excluding carboxylic acids is 1. The van der Waals surface area contributed by atoms with E-state index < -0.39 is 15.1 Å². The van der Waals surface area contributed by atoms with Gasteiger partial charge in [-0.2, -0.15) is 0 Å². The van der Waals surface area contributed by atoms with Crippen molar-refractivity contribution in [2.45, 2.75) is 31.4 Å². The Morgan fingerprint density at radius 2 is 2.05 bits per heavy atom. The number of rotatable bonds is 2. The topological polar surface area (TPSA) is 54.5 Å². The first-order chi connectivity index (χ1) is 9.32. The Morgan fingerprint density at radius 3 is 2.70 bits per heavy atom. The van der Waals surface area contributed by atoms with Crippen LogP contribution < -0.4 is 4.90 Å². The molecule has 0 fully saturated rings. The van der Waals surface area contributed by atoms with Crippen LogP contribution in [0, 0.1) is 0 Å². The highest BCUT2D eigenvalue weighted by Gasteiger charge is 2.31. The zero-order chi connectivity index (χ0) is 14.9. The van der Waals surface area contributed by atoms with Crippen LogP contribution in [0.5, 0.6) is 0 Å². The molecule has 4 nitrogen and oxygen atoms in total. The summed E-state index contributed by atoms with van der Waals surface area (Å²) in [7, 11) is -3.40. The molecule has 2 rings (SSSR count). The molecule has 1 aromatic rings. The Kier molecular flexibility index (Phi) is 4.39. The van der Waals surface area contributed by atoms with Crippen molar-refractivity contribution >= 4 is 33.0 Å². The average molecular weight is 316 g/mol. The summed E-state index contributed by atoms with van der Waals surface area (Å²) in [6.45, 7) is 1.97. The lowest BCUT2D eigenvalue weighted by atomic mass is 10.1. The van der Waals surface area contributed by atoms with Crippen LogP contribution in [0.2, 0.25) is 5.02 Å². The van der Waals surface area contributed by atoms with Crippen molar-refractivity contribution in [2.24, 2.45) is 0 Å². The fraction of sp³-hybridized carbons (Fsp3) is 0.500. The van der Waals surface area contributed by atoms with Gasteiger partial charge in [-0.05, 0) is 43.9 Å². The molecule has 0 N–H and O–H groups in total. The third-order valence-electron chi connectivity index (χ3n) is 3.70. The second-order valence-corrected chi connectivity index (χ2v) is 7.93. The number of anilines is 1. The molecule has 0 saturated carbocycles. The average Bonchev–Trinajstić information content (AvgIpc) is 2.59. The SMILES string of the molecule is C[C@@H](C(=O)N1CCCCc2c(Cl)cccc21)S(C)(=O)=O. The van der Waals surface area contributed by atoms with Crippen molar-refractivity contribution < 1.29 is 13.2 Å². The van der Waals surface area contributed by atoms with Crippen molar-refractivity contribution in [1.29, 1.82) is 0 Å². The van der Waals surface area contributed by atoms with E-state index in [0.717, 1.165) is 36.8 Å². The van der Waals surface area contributed by atoms with Crippen LogP contribution in [0.25, 0.3) is 0 Å². The van der Waals surface area contributed by atoms with Gasteiger partial charge in [-0.3, -0.25) is 4.79 Å². The zero-order valence-corrected chi connectivity index (χ0v) is 13.2. The van der Waals surface area contributed by atoms with Gasteiger partial charge in [-0.1, -0.05) is 17.7 Å². The molecule has 0 radical (unpaired) electrons. The van der Waals surface area contributed by atoms with E-state index in [1.54, 1.807) is 17.0 Å². The summed E-state index contributed by atoms with van der Waals surface area (Å²) in [6.07, 6.45) is 3.68. The maximum absolute atomic E-state index is 12.5. The summed E-state index contributed by atoms with van der Waals surface area (Å²) in [5.74, 6) is -0.377. The number of halogens is 1. The predicted octanol–water partition coefficient (Wildman–Crippen LogP) is 2.44. The highest BCUT2D eigenvalue weighted by atomic mass is 35.5. The van der Waals surface area contributed by atoms with Gasteiger partial charge < -0.3 is 4.90 Å². The summed E-state index contributed by atoms with van der Waals surface area (Å²) in [5.41, 5.74) is 1.68. The van der Waals surface area contributed by atoms with Crippen LogP contribution >= 0.6 is 11.6 Å². The van der Waals surface area contributed by atoms with E-state index in [4.69, 9.17) is 11.6 Å². The molecule has 0 aromatic heterocycles. The lowest BCUT2D eigenvalue weighted by molar-refractivity contribution is -0.118. The molecule has 1 aliphatic rings. The summed E-state index contributed by atoms with van der Waals surface area (Å²) >= 11 is 6.20. The molecule has 0 aliphatic carbocycles. The normalized spacial score (nSPS) is 17.2. The van der Waals surface area contributed by atoms with Gasteiger partial charge in [0.15, 0.2) is 9.84 Å². The van der Waals surface area contributed by atoms with Gasteiger partial charge in [-0.25, -0.2) is 8.42 Å². The Morgan fingerprint density at radius 1 is 1.35 bits per heavy atom. The number of benzene rings is 1. The Balaban J connectivity index is 2.43. The molecular weight excluding hydrogens is 298 g/mol. The van der Waals surface area contributed by atoms with E-state index >= 15 is 0 Å². The van der Waals surface area contributed by atoms with E-state index in [-0.39, 0.29) is 5.91 Å². The quantitative estimate of drug-likeness (QED) is 0.842. The lowest BCUT2D eigenvalue weighted by Gasteiger charge is -2.25. The third-order valence-corrected chi connectivity index (χ3v) is 5.54. The molecule has 1 aliphatic heterocycles. The molecule has 1 aromatic carbocycles. The Labute approximate surface area is 124 Å². The van der Waals surface area contributed by atoms with E-state index in [1.165, 1.54) is 6.92 Å². The summed E-state index contributed by atoms with van der Waals surface area (Å²) in [6, 6.07) is 5.42. The fourth-order valence-corrected chi connectivity index (χ4v) is 3.13. The summed E-state index contributed by atoms with van der Waals surface area (Å²) in [5, 5.41) is -0.401. The Hall–Kier alpha value is -1.07. The van der Waals surface area contributed by atoms with E-state index in [1.807, 2.05) is 6.07 Å². The molecule has 6 heteroatoms. The number of sulfone groups is 1. The monoisotopic (exact) mass is 315 g/mol. The minimum absolute atomic E-state index is 0.377. The lowest BCUT2D eigenvalue weighted by Crippen LogP contribution is -2.41. The van der Waals surface area contributed by atoms with Gasteiger partial charge in [0.1, 0.15) is 5.25 Å². The smallest absolute Gasteiger partial charge is 0.245 e. The standard InChI is InChI=1S/C14H18ClNO3S/c1-10(20(2,18)19)14(17)16-9-4-3-6-11-12(15)7-5-8-13(11)16/h5,7-8,10H,3-4,6,9H2,1-2H3/t10-/m0/s1. The van der Waals surface area contributed by atoms with Crippen LogP contribution in [0.1, 0.15) is 25.3 Å². The van der Waals surface area contributed by atoms with Crippen molar-refractivity contribution in [3.8, 4) is 0 Å². The van der Waals surface area contributed by atoms with Crippen molar-refractivity contribution in [2.75, 3.05) is 17.7 Å². The first-order valence-corrected chi connectivity index (χ1v) is 8.93. The number of nitrogens with zero attached hydrogens (tertiary/aromatic N) is 1. The van der Waals surface area contributed by atoms with Crippen LogP contribution in [-0.2, 0) is 21.1 Å². The number of fused-ring (bicyclic) bond motifs is 1. The molecular formula is C14H18ClNO3S. The van der Waals surface area contributed by atoms with Crippen molar-refractivity contribution in [1.82, 2.24) is 0 Å². The fourth-order valence-electron chi connectivity index (χ4n) is 2.37. The third kappa shape index (κ3) is 2.99. The molecule has 0 saturated heterocycles. The minimum Gasteiger partial charge on any atom is -0.311 e. The van der Waals surface area contributed by atoms with Gasteiger partial charge in [0.25, 0.3) is 0 Å². The largest absolute Gasteiger partial charge is 0.311 e. The van der Waals surface area contributed by atoms with Crippen LogP contribution in [0.3, 0.4) is 0 Å². The highest BCUT2D eigenvalue weighted by molar-refractivity contribution is 7.92. The van der Waals surface area contributed by atoms with Gasteiger partial charge in [0, 0.05) is 23.5 Å². The van der Waals surface area contributed by atoms with E-state index in [2.05, 4.69) is 0 Å². The number of carbonyl (C=O) groups is 1. The zero-order valence-electron chi connectivity index (χ0n) is 11.6. The highest BCUT2D eigenvalue weighted by Crippen LogP contribution is 2.32.